The molecule has 0 spiro atoms. The number of rotatable bonds is 4. The molecule has 1 N–H and O–H groups in total. The first-order chi connectivity index (χ1) is 12.5. The molecule has 0 aromatic carbocycles. The highest BCUT2D eigenvalue weighted by Crippen LogP contribution is 2.39. The van der Waals surface area contributed by atoms with Crippen molar-refractivity contribution < 1.29 is 14.3 Å². The summed E-state index contributed by atoms with van der Waals surface area (Å²) in [6, 6.07) is 5.40. The highest BCUT2D eigenvalue weighted by molar-refractivity contribution is 7.16. The second-order valence-corrected chi connectivity index (χ2v) is 7.55. The fourth-order valence-electron chi connectivity index (χ4n) is 2.94. The van der Waals surface area contributed by atoms with E-state index in [-0.39, 0.29) is 5.56 Å². The number of aromatic nitrogens is 1. The van der Waals surface area contributed by atoms with E-state index in [9.17, 15) is 14.9 Å². The van der Waals surface area contributed by atoms with Crippen LogP contribution in [0.2, 0.25) is 0 Å². The van der Waals surface area contributed by atoms with Gasteiger partial charge in [-0.25, -0.2) is 4.79 Å². The van der Waals surface area contributed by atoms with E-state index < -0.39 is 18.0 Å². The Balaban J connectivity index is 1.70. The lowest BCUT2D eigenvalue weighted by Crippen LogP contribution is -2.30. The van der Waals surface area contributed by atoms with E-state index in [0.717, 1.165) is 29.7 Å². The van der Waals surface area contributed by atoms with Crippen LogP contribution < -0.4 is 5.32 Å². The zero-order chi connectivity index (χ0) is 18.7. The molecule has 3 rings (SSSR count). The summed E-state index contributed by atoms with van der Waals surface area (Å²) in [6.07, 6.45) is 4.79. The first-order valence-electron chi connectivity index (χ1n) is 8.46. The van der Waals surface area contributed by atoms with E-state index in [2.05, 4.69) is 23.3 Å². The van der Waals surface area contributed by atoms with Gasteiger partial charge >= 0.3 is 5.97 Å². The van der Waals surface area contributed by atoms with Gasteiger partial charge in [0.25, 0.3) is 5.91 Å². The smallest absolute Gasteiger partial charge is 0.340 e. The number of pyridine rings is 1. The van der Waals surface area contributed by atoms with Crippen molar-refractivity contribution in [3.8, 4) is 6.07 Å². The average molecular weight is 369 g/mol. The molecule has 26 heavy (non-hydrogen) atoms. The van der Waals surface area contributed by atoms with Crippen LogP contribution in [0.5, 0.6) is 0 Å². The number of thiophene rings is 1. The van der Waals surface area contributed by atoms with E-state index in [4.69, 9.17) is 4.74 Å². The Kier molecular flexibility index (Phi) is 5.33. The molecule has 134 valence electrons. The lowest BCUT2D eigenvalue weighted by atomic mass is 9.88. The van der Waals surface area contributed by atoms with Crippen molar-refractivity contribution in [3.05, 3.63) is 46.1 Å². The van der Waals surface area contributed by atoms with E-state index >= 15 is 0 Å². The number of carbonyl (C=O) groups is 2. The molecule has 2 unspecified atom stereocenters. The number of amides is 1. The van der Waals surface area contributed by atoms with Gasteiger partial charge in [0.15, 0.2) is 6.10 Å². The maximum absolute atomic E-state index is 12.4. The van der Waals surface area contributed by atoms with E-state index in [1.54, 1.807) is 18.3 Å². The first kappa shape index (κ1) is 18.1. The number of ether oxygens (including phenoxy) is 1. The topological polar surface area (TPSA) is 92.1 Å². The van der Waals surface area contributed by atoms with Gasteiger partial charge in [-0.2, -0.15) is 5.26 Å². The standard InChI is InChI=1S/C19H19N3O3S/c1-11-5-6-14-15(9-20)18(26-16(14)8-11)22-17(23)12(2)25-19(24)13-4-3-7-21-10-13/h3-4,7,10-12H,5-6,8H2,1-2H3,(H,22,23). The van der Waals surface area contributed by atoms with E-state index in [1.165, 1.54) is 24.5 Å². The van der Waals surface area contributed by atoms with Gasteiger partial charge in [0.1, 0.15) is 11.1 Å². The summed E-state index contributed by atoms with van der Waals surface area (Å²) in [5, 5.41) is 12.8. The maximum Gasteiger partial charge on any atom is 0.340 e. The summed E-state index contributed by atoms with van der Waals surface area (Å²) in [5.74, 6) is -0.485. The van der Waals surface area contributed by atoms with Gasteiger partial charge in [0.05, 0.1) is 11.1 Å². The number of anilines is 1. The van der Waals surface area contributed by atoms with Crippen molar-refractivity contribution in [2.45, 2.75) is 39.2 Å². The van der Waals surface area contributed by atoms with Gasteiger partial charge in [-0.15, -0.1) is 11.3 Å². The molecule has 1 amide bonds. The van der Waals surface area contributed by atoms with Crippen LogP contribution in [0.4, 0.5) is 5.00 Å². The van der Waals surface area contributed by atoms with E-state index in [0.29, 0.717) is 16.5 Å². The SMILES string of the molecule is CC1CCc2c(sc(NC(=O)C(C)OC(=O)c3cccnc3)c2C#N)C1. The molecule has 0 saturated carbocycles. The minimum atomic E-state index is -0.979. The predicted octanol–water partition coefficient (Wildman–Crippen LogP) is 3.32. The Morgan fingerprint density at radius 3 is 3.00 bits per heavy atom. The minimum Gasteiger partial charge on any atom is -0.449 e. The van der Waals surface area contributed by atoms with Crippen LogP contribution >= 0.6 is 11.3 Å². The summed E-state index contributed by atoms with van der Waals surface area (Å²) in [6.45, 7) is 3.69. The zero-order valence-electron chi connectivity index (χ0n) is 14.6. The van der Waals surface area contributed by atoms with Crippen molar-refractivity contribution in [2.75, 3.05) is 5.32 Å². The molecule has 7 heteroatoms. The first-order valence-corrected chi connectivity index (χ1v) is 9.27. The number of esters is 1. The van der Waals surface area contributed by atoms with Crippen molar-refractivity contribution in [1.29, 1.82) is 5.26 Å². The monoisotopic (exact) mass is 369 g/mol. The minimum absolute atomic E-state index is 0.283. The number of hydrogen-bond acceptors (Lipinski definition) is 6. The third kappa shape index (κ3) is 3.75. The van der Waals surface area contributed by atoms with Gasteiger partial charge in [0.2, 0.25) is 0 Å². The Labute approximate surface area is 155 Å². The van der Waals surface area contributed by atoms with Crippen LogP contribution in [0, 0.1) is 17.2 Å². The molecular weight excluding hydrogens is 350 g/mol. The van der Waals surface area contributed by atoms with Crippen LogP contribution in [0.1, 0.15) is 46.6 Å². The average Bonchev–Trinajstić information content (AvgIpc) is 2.98. The molecule has 2 aromatic rings. The van der Waals surface area contributed by atoms with Gasteiger partial charge in [-0.1, -0.05) is 6.92 Å². The molecule has 2 heterocycles. The Morgan fingerprint density at radius 1 is 1.50 bits per heavy atom. The largest absolute Gasteiger partial charge is 0.449 e. The number of nitrogens with zero attached hydrogens (tertiary/aromatic N) is 2. The lowest BCUT2D eigenvalue weighted by Gasteiger charge is -2.17. The number of nitriles is 1. The summed E-state index contributed by atoms with van der Waals surface area (Å²) in [5.41, 5.74) is 1.87. The number of nitrogens with one attached hydrogen (secondary N) is 1. The molecule has 6 nitrogen and oxygen atoms in total. The number of hydrogen-bond donors (Lipinski definition) is 1. The highest BCUT2D eigenvalue weighted by Gasteiger charge is 2.26. The van der Waals surface area contributed by atoms with Crippen molar-refractivity contribution in [3.63, 3.8) is 0 Å². The second kappa shape index (κ2) is 7.67. The Hall–Kier alpha value is -2.72. The predicted molar refractivity (Wildman–Crippen MR) is 98.0 cm³/mol. The fourth-order valence-corrected chi connectivity index (χ4v) is 4.30. The van der Waals surface area contributed by atoms with Gasteiger partial charge in [-0.05, 0) is 49.8 Å². The normalized spacial score (nSPS) is 16.9. The van der Waals surface area contributed by atoms with Gasteiger partial charge < -0.3 is 10.1 Å². The van der Waals surface area contributed by atoms with Crippen LogP contribution in [-0.4, -0.2) is 23.0 Å². The molecule has 0 saturated heterocycles. The Morgan fingerprint density at radius 2 is 2.31 bits per heavy atom. The van der Waals surface area contributed by atoms with Crippen molar-refractivity contribution >= 4 is 28.2 Å². The summed E-state index contributed by atoms with van der Waals surface area (Å²) in [7, 11) is 0. The quantitative estimate of drug-likeness (QED) is 0.835. The van der Waals surface area contributed by atoms with Crippen LogP contribution in [0.25, 0.3) is 0 Å². The summed E-state index contributed by atoms with van der Waals surface area (Å²) < 4.78 is 5.19. The maximum atomic E-state index is 12.4. The van der Waals surface area contributed by atoms with Gasteiger partial charge in [-0.3, -0.25) is 9.78 Å². The third-order valence-electron chi connectivity index (χ3n) is 4.41. The summed E-state index contributed by atoms with van der Waals surface area (Å²) >= 11 is 1.45. The van der Waals surface area contributed by atoms with Gasteiger partial charge in [0, 0.05) is 17.3 Å². The molecule has 0 aliphatic heterocycles. The highest BCUT2D eigenvalue weighted by atomic mass is 32.1. The van der Waals surface area contributed by atoms with Crippen LogP contribution in [0.3, 0.4) is 0 Å². The lowest BCUT2D eigenvalue weighted by molar-refractivity contribution is -0.123. The molecule has 2 atom stereocenters. The zero-order valence-corrected chi connectivity index (χ0v) is 15.4. The molecule has 0 radical (unpaired) electrons. The second-order valence-electron chi connectivity index (χ2n) is 6.45. The fraction of sp³-hybridized carbons (Fsp3) is 0.368. The van der Waals surface area contributed by atoms with Crippen molar-refractivity contribution in [2.24, 2.45) is 5.92 Å². The van der Waals surface area contributed by atoms with Crippen LogP contribution in [0.15, 0.2) is 24.5 Å². The molecule has 0 bridgehead atoms. The molecule has 2 aromatic heterocycles. The molecular formula is C19H19N3O3S. The summed E-state index contributed by atoms with van der Waals surface area (Å²) in [4.78, 5) is 29.5. The third-order valence-corrected chi connectivity index (χ3v) is 5.58. The number of carbonyl (C=O) groups excluding carboxylic acids is 2. The van der Waals surface area contributed by atoms with Crippen molar-refractivity contribution in [1.82, 2.24) is 4.98 Å². The molecule has 0 fully saturated rings. The Bertz CT molecular complexity index is 870. The van der Waals surface area contributed by atoms with Crippen LogP contribution in [-0.2, 0) is 22.4 Å². The molecule has 1 aliphatic carbocycles. The number of fused-ring (bicyclic) bond motifs is 1. The molecule has 1 aliphatic rings. The van der Waals surface area contributed by atoms with E-state index in [1.807, 2.05) is 0 Å².